The van der Waals surface area contributed by atoms with E-state index in [1.807, 2.05) is 36.1 Å². The molecule has 0 aromatic carbocycles. The molecule has 0 aliphatic rings. The van der Waals surface area contributed by atoms with E-state index in [2.05, 4.69) is 80.6 Å². The minimum Gasteiger partial charge on any atom is -0.364 e. The number of rotatable bonds is 6. The second-order valence-electron chi connectivity index (χ2n) is 6.61. The van der Waals surface area contributed by atoms with E-state index in [9.17, 15) is 0 Å². The van der Waals surface area contributed by atoms with Gasteiger partial charge in [0, 0.05) is 57.3 Å². The smallest absolute Gasteiger partial charge is 0.0734 e. The lowest BCUT2D eigenvalue weighted by atomic mass is 9.98. The summed E-state index contributed by atoms with van der Waals surface area (Å²) < 4.78 is 0. The first-order valence-corrected chi connectivity index (χ1v) is 9.84. The van der Waals surface area contributed by atoms with E-state index in [4.69, 9.17) is 0 Å². The molecule has 5 heterocycles. The molecular formula is C22H20N4S. The quantitative estimate of drug-likeness (QED) is 0.307. The molecule has 0 saturated heterocycles. The Labute approximate surface area is 161 Å². The summed E-state index contributed by atoms with van der Waals surface area (Å²) in [4.78, 5) is 16.2. The molecule has 5 heteroatoms. The summed E-state index contributed by atoms with van der Waals surface area (Å²) in [7, 11) is 0. The van der Waals surface area contributed by atoms with E-state index in [0.29, 0.717) is 0 Å². The molecule has 0 fully saturated rings. The molecule has 134 valence electrons. The highest BCUT2D eigenvalue weighted by molar-refractivity contribution is 7.12. The van der Waals surface area contributed by atoms with Gasteiger partial charge in [-0.2, -0.15) is 0 Å². The lowest BCUT2D eigenvalue weighted by Gasteiger charge is -2.15. The molecule has 0 aliphatic carbocycles. The monoisotopic (exact) mass is 372 g/mol. The fourth-order valence-corrected chi connectivity index (χ4v) is 5.01. The van der Waals surface area contributed by atoms with Crippen molar-refractivity contribution in [3.8, 4) is 0 Å². The number of aromatic amines is 4. The van der Waals surface area contributed by atoms with Crippen molar-refractivity contribution >= 4 is 11.3 Å². The van der Waals surface area contributed by atoms with Crippen molar-refractivity contribution in [1.29, 1.82) is 0 Å². The molecule has 0 radical (unpaired) electrons. The molecule has 4 N–H and O–H groups in total. The average Bonchev–Trinajstić information content (AvgIpc) is 3.49. The first-order chi connectivity index (χ1) is 13.4. The highest BCUT2D eigenvalue weighted by Gasteiger charge is 2.25. The zero-order valence-electron chi connectivity index (χ0n) is 14.6. The maximum Gasteiger partial charge on any atom is 0.0734 e. The number of hydrogen-bond acceptors (Lipinski definition) is 1. The van der Waals surface area contributed by atoms with Crippen LogP contribution in [-0.4, -0.2) is 19.9 Å². The topological polar surface area (TPSA) is 63.2 Å². The third kappa shape index (κ3) is 2.96. The van der Waals surface area contributed by atoms with Crippen LogP contribution in [-0.2, 0) is 0 Å². The van der Waals surface area contributed by atoms with Gasteiger partial charge in [0.15, 0.2) is 0 Å². The Morgan fingerprint density at radius 2 is 0.815 bits per heavy atom. The van der Waals surface area contributed by atoms with E-state index in [1.54, 1.807) is 0 Å². The zero-order chi connectivity index (χ0) is 18.1. The van der Waals surface area contributed by atoms with Gasteiger partial charge < -0.3 is 19.9 Å². The normalized spacial score (nSPS) is 11.6. The highest BCUT2D eigenvalue weighted by atomic mass is 32.1. The Morgan fingerprint density at radius 1 is 0.481 bits per heavy atom. The average molecular weight is 372 g/mol. The van der Waals surface area contributed by atoms with Gasteiger partial charge in [0.05, 0.1) is 11.8 Å². The van der Waals surface area contributed by atoms with E-state index < -0.39 is 0 Å². The molecule has 5 aromatic rings. The van der Waals surface area contributed by atoms with Crippen LogP contribution in [0.5, 0.6) is 0 Å². The Hall–Kier alpha value is -3.18. The van der Waals surface area contributed by atoms with Crippen molar-refractivity contribution in [3.63, 3.8) is 0 Å². The third-order valence-corrected chi connectivity index (χ3v) is 6.16. The van der Waals surface area contributed by atoms with Gasteiger partial charge in [0.25, 0.3) is 0 Å². The second-order valence-corrected chi connectivity index (χ2v) is 7.75. The number of aromatic nitrogens is 4. The SMILES string of the molecule is c1c[nH]c(C(c2ccc[nH]2)c2ccc(C(c3ccc[nH]3)c3ccc[nH]3)s2)c1. The van der Waals surface area contributed by atoms with Gasteiger partial charge in [0.2, 0.25) is 0 Å². The van der Waals surface area contributed by atoms with E-state index >= 15 is 0 Å². The van der Waals surface area contributed by atoms with Gasteiger partial charge in [-0.1, -0.05) is 0 Å². The van der Waals surface area contributed by atoms with Gasteiger partial charge in [0.1, 0.15) is 0 Å². The van der Waals surface area contributed by atoms with Crippen LogP contribution in [0.2, 0.25) is 0 Å². The highest BCUT2D eigenvalue weighted by Crippen LogP contribution is 2.40. The lowest BCUT2D eigenvalue weighted by molar-refractivity contribution is 0.916. The molecular weight excluding hydrogens is 352 g/mol. The maximum atomic E-state index is 3.39. The Balaban J connectivity index is 1.58. The largest absolute Gasteiger partial charge is 0.364 e. The van der Waals surface area contributed by atoms with Gasteiger partial charge in [-0.05, 0) is 60.7 Å². The minimum absolute atomic E-state index is 0.182. The number of thiophene rings is 1. The number of hydrogen-bond donors (Lipinski definition) is 4. The molecule has 0 saturated carbocycles. The van der Waals surface area contributed by atoms with Crippen molar-refractivity contribution in [3.05, 3.63) is 118 Å². The summed E-state index contributed by atoms with van der Waals surface area (Å²) >= 11 is 1.86. The fourth-order valence-electron chi connectivity index (χ4n) is 3.72. The molecule has 4 nitrogen and oxygen atoms in total. The summed E-state index contributed by atoms with van der Waals surface area (Å²) in [6, 6.07) is 21.3. The van der Waals surface area contributed by atoms with Crippen LogP contribution in [0.3, 0.4) is 0 Å². The number of H-pyrrole nitrogens is 4. The van der Waals surface area contributed by atoms with E-state index in [0.717, 1.165) is 0 Å². The predicted octanol–water partition coefficient (Wildman–Crippen LogP) is 5.42. The molecule has 0 atom stereocenters. The first kappa shape index (κ1) is 16.0. The summed E-state index contributed by atoms with van der Waals surface area (Å²) in [6.07, 6.45) is 7.95. The summed E-state index contributed by atoms with van der Waals surface area (Å²) in [5, 5.41) is 0. The van der Waals surface area contributed by atoms with Gasteiger partial charge in [-0.25, -0.2) is 0 Å². The number of nitrogens with one attached hydrogen (secondary N) is 4. The van der Waals surface area contributed by atoms with Crippen molar-refractivity contribution in [2.75, 3.05) is 0 Å². The Kier molecular flexibility index (Phi) is 4.07. The molecule has 0 unspecified atom stereocenters. The lowest BCUT2D eigenvalue weighted by Crippen LogP contribution is -2.03. The minimum atomic E-state index is 0.182. The Bertz CT molecular complexity index is 912. The van der Waals surface area contributed by atoms with Gasteiger partial charge >= 0.3 is 0 Å². The van der Waals surface area contributed by atoms with Crippen LogP contribution in [0.15, 0.2) is 85.5 Å². The van der Waals surface area contributed by atoms with E-state index in [-0.39, 0.29) is 11.8 Å². The van der Waals surface area contributed by atoms with Crippen LogP contribution >= 0.6 is 11.3 Å². The van der Waals surface area contributed by atoms with Crippen LogP contribution in [0.25, 0.3) is 0 Å². The Morgan fingerprint density at radius 3 is 1.07 bits per heavy atom. The standard InChI is InChI=1S/C22H20N4S/c1-5-15(23-11-1)21(16-6-2-12-24-16)19-9-10-20(27-19)22(17-7-3-13-25-17)18-8-4-14-26-18/h1-14,21-26H. The maximum absolute atomic E-state index is 3.39. The van der Waals surface area contributed by atoms with Crippen molar-refractivity contribution < 1.29 is 0 Å². The van der Waals surface area contributed by atoms with Gasteiger partial charge in [-0.3, -0.25) is 0 Å². The van der Waals surface area contributed by atoms with Crippen LogP contribution in [0.1, 0.15) is 44.4 Å². The van der Waals surface area contributed by atoms with Crippen molar-refractivity contribution in [1.82, 2.24) is 19.9 Å². The summed E-state index contributed by atoms with van der Waals surface area (Å²) in [6.45, 7) is 0. The third-order valence-electron chi connectivity index (χ3n) is 4.95. The van der Waals surface area contributed by atoms with Crippen LogP contribution < -0.4 is 0 Å². The zero-order valence-corrected chi connectivity index (χ0v) is 15.5. The van der Waals surface area contributed by atoms with Gasteiger partial charge in [-0.15, -0.1) is 11.3 Å². The van der Waals surface area contributed by atoms with Crippen LogP contribution in [0, 0.1) is 0 Å². The fraction of sp³-hybridized carbons (Fsp3) is 0.0909. The summed E-state index contributed by atoms with van der Waals surface area (Å²) in [5.74, 6) is 0.364. The molecule has 5 rings (SSSR count). The van der Waals surface area contributed by atoms with Crippen LogP contribution in [0.4, 0.5) is 0 Å². The molecule has 27 heavy (non-hydrogen) atoms. The first-order valence-electron chi connectivity index (χ1n) is 9.03. The van der Waals surface area contributed by atoms with Crippen molar-refractivity contribution in [2.24, 2.45) is 0 Å². The second kappa shape index (κ2) is 6.85. The van der Waals surface area contributed by atoms with Crippen molar-refractivity contribution in [2.45, 2.75) is 11.8 Å². The molecule has 0 bridgehead atoms. The molecule has 0 amide bonds. The molecule has 0 spiro atoms. The predicted molar refractivity (Wildman–Crippen MR) is 109 cm³/mol. The molecule has 5 aromatic heterocycles. The molecule has 0 aliphatic heterocycles. The summed E-state index contributed by atoms with van der Waals surface area (Å²) in [5.41, 5.74) is 4.79. The van der Waals surface area contributed by atoms with E-state index in [1.165, 1.54) is 32.5 Å².